The molecule has 19 heavy (non-hydrogen) atoms. The van der Waals surface area contributed by atoms with E-state index in [9.17, 15) is 0 Å². The molecule has 0 bridgehead atoms. The summed E-state index contributed by atoms with van der Waals surface area (Å²) < 4.78 is 5.52. The summed E-state index contributed by atoms with van der Waals surface area (Å²) in [5.74, 6) is 0.628. The van der Waals surface area contributed by atoms with Gasteiger partial charge in [-0.1, -0.05) is 18.3 Å². The molecule has 1 saturated heterocycles. The van der Waals surface area contributed by atoms with Crippen LogP contribution in [0.25, 0.3) is 0 Å². The zero-order valence-electron chi connectivity index (χ0n) is 11.3. The van der Waals surface area contributed by atoms with Crippen molar-refractivity contribution in [3.8, 4) is 0 Å². The Hall–Kier alpha value is -1.04. The summed E-state index contributed by atoms with van der Waals surface area (Å²) in [7, 11) is 2.12. The van der Waals surface area contributed by atoms with Gasteiger partial charge in [0, 0.05) is 25.9 Å². The number of rotatable bonds is 5. The smallest absolute Gasteiger partial charge is 0.123 e. The van der Waals surface area contributed by atoms with Crippen molar-refractivity contribution in [2.45, 2.75) is 19.4 Å². The molecule has 4 nitrogen and oxygen atoms in total. The molecule has 104 valence electrons. The molecule has 0 spiro atoms. The fraction of sp³-hybridized carbons (Fsp3) is 0.571. The summed E-state index contributed by atoms with van der Waals surface area (Å²) in [6.45, 7) is 3.64. The maximum Gasteiger partial charge on any atom is 0.123 e. The van der Waals surface area contributed by atoms with Gasteiger partial charge in [-0.3, -0.25) is 4.98 Å². The molecule has 5 heteroatoms. The lowest BCUT2D eigenvalue weighted by Crippen LogP contribution is -2.31. The van der Waals surface area contributed by atoms with Crippen molar-refractivity contribution in [1.29, 1.82) is 0 Å². The number of pyridine rings is 1. The van der Waals surface area contributed by atoms with Gasteiger partial charge in [0.25, 0.3) is 0 Å². The largest absolute Gasteiger partial charge is 0.388 e. The van der Waals surface area contributed by atoms with E-state index >= 15 is 0 Å². The summed E-state index contributed by atoms with van der Waals surface area (Å²) in [6.07, 6.45) is 4.15. The number of hydrogen-bond acceptors (Lipinski definition) is 4. The van der Waals surface area contributed by atoms with Crippen molar-refractivity contribution in [2.24, 2.45) is 11.7 Å². The van der Waals surface area contributed by atoms with Crippen molar-refractivity contribution in [3.63, 3.8) is 0 Å². The SMILES string of the molecule is CN(Cc1cccnc1C(N)=S)CC1CCCOC1. The van der Waals surface area contributed by atoms with Crippen LogP contribution in [0.5, 0.6) is 0 Å². The van der Waals surface area contributed by atoms with E-state index in [1.807, 2.05) is 12.1 Å². The molecule has 1 atom stereocenters. The van der Waals surface area contributed by atoms with Crippen molar-refractivity contribution in [1.82, 2.24) is 9.88 Å². The highest BCUT2D eigenvalue weighted by molar-refractivity contribution is 7.80. The molecule has 1 aliphatic heterocycles. The van der Waals surface area contributed by atoms with Gasteiger partial charge in [0.15, 0.2) is 0 Å². The molecule has 0 aliphatic carbocycles. The predicted octanol–water partition coefficient (Wildman–Crippen LogP) is 1.57. The lowest BCUT2D eigenvalue weighted by atomic mass is 10.0. The van der Waals surface area contributed by atoms with Crippen LogP contribution in [-0.4, -0.2) is 41.7 Å². The summed E-state index contributed by atoms with van der Waals surface area (Å²) in [5.41, 5.74) is 7.54. The van der Waals surface area contributed by atoms with E-state index in [2.05, 4.69) is 16.9 Å². The normalized spacial score (nSPS) is 19.6. The van der Waals surface area contributed by atoms with E-state index in [4.69, 9.17) is 22.7 Å². The molecule has 1 unspecified atom stereocenters. The maximum absolute atomic E-state index is 5.70. The Bertz CT molecular complexity index is 432. The van der Waals surface area contributed by atoms with Crippen LogP contribution < -0.4 is 5.73 Å². The molecule has 0 aromatic carbocycles. The quantitative estimate of drug-likeness (QED) is 0.829. The molecular weight excluding hydrogens is 258 g/mol. The van der Waals surface area contributed by atoms with E-state index in [0.29, 0.717) is 10.9 Å². The first kappa shape index (κ1) is 14.4. The van der Waals surface area contributed by atoms with Gasteiger partial charge in [0.2, 0.25) is 0 Å². The number of nitrogens with zero attached hydrogens (tertiary/aromatic N) is 2. The van der Waals surface area contributed by atoms with Gasteiger partial charge >= 0.3 is 0 Å². The molecule has 1 fully saturated rings. The monoisotopic (exact) mass is 279 g/mol. The zero-order chi connectivity index (χ0) is 13.7. The van der Waals surface area contributed by atoms with Gasteiger partial charge in [-0.25, -0.2) is 0 Å². The molecule has 2 N–H and O–H groups in total. The minimum Gasteiger partial charge on any atom is -0.388 e. The van der Waals surface area contributed by atoms with Gasteiger partial charge in [-0.15, -0.1) is 0 Å². The highest BCUT2D eigenvalue weighted by Crippen LogP contribution is 2.16. The summed E-state index contributed by atoms with van der Waals surface area (Å²) >= 11 is 5.04. The van der Waals surface area contributed by atoms with E-state index in [1.54, 1.807) is 6.20 Å². The number of nitrogens with two attached hydrogens (primary N) is 1. The van der Waals surface area contributed by atoms with E-state index in [1.165, 1.54) is 12.8 Å². The van der Waals surface area contributed by atoms with E-state index in [-0.39, 0.29) is 0 Å². The highest BCUT2D eigenvalue weighted by Gasteiger charge is 2.17. The minimum absolute atomic E-state index is 0.366. The summed E-state index contributed by atoms with van der Waals surface area (Å²) in [4.78, 5) is 6.92. The third-order valence-electron chi connectivity index (χ3n) is 3.39. The van der Waals surface area contributed by atoms with Crippen LogP contribution in [-0.2, 0) is 11.3 Å². The number of ether oxygens (including phenoxy) is 1. The number of hydrogen-bond donors (Lipinski definition) is 1. The van der Waals surface area contributed by atoms with Crippen molar-refractivity contribution in [2.75, 3.05) is 26.8 Å². The second kappa shape index (κ2) is 6.93. The lowest BCUT2D eigenvalue weighted by molar-refractivity contribution is 0.0411. The average molecular weight is 279 g/mol. The first-order valence-corrected chi connectivity index (χ1v) is 7.07. The molecule has 0 amide bonds. The Labute approximate surface area is 120 Å². The van der Waals surface area contributed by atoms with E-state index in [0.717, 1.165) is 37.6 Å². The summed E-state index contributed by atoms with van der Waals surface area (Å²) in [6, 6.07) is 3.96. The Morgan fingerprint density at radius 2 is 2.47 bits per heavy atom. The van der Waals surface area contributed by atoms with Crippen LogP contribution in [0.1, 0.15) is 24.1 Å². The van der Waals surface area contributed by atoms with E-state index < -0.39 is 0 Å². The Morgan fingerprint density at radius 3 is 3.16 bits per heavy atom. The van der Waals surface area contributed by atoms with Gasteiger partial charge in [-0.2, -0.15) is 0 Å². The third kappa shape index (κ3) is 4.23. The first-order valence-electron chi connectivity index (χ1n) is 6.67. The molecule has 2 heterocycles. The molecule has 0 saturated carbocycles. The van der Waals surface area contributed by atoms with Gasteiger partial charge in [-0.05, 0) is 37.4 Å². The topological polar surface area (TPSA) is 51.4 Å². The molecule has 2 rings (SSSR count). The van der Waals surface area contributed by atoms with Crippen LogP contribution in [0.2, 0.25) is 0 Å². The Kier molecular flexibility index (Phi) is 5.24. The fourth-order valence-corrected chi connectivity index (χ4v) is 2.72. The van der Waals surface area contributed by atoms with Gasteiger partial charge in [0.05, 0.1) is 6.61 Å². The Balaban J connectivity index is 1.94. The van der Waals surface area contributed by atoms with Gasteiger partial charge in [0.1, 0.15) is 10.7 Å². The minimum atomic E-state index is 0.366. The lowest BCUT2D eigenvalue weighted by Gasteiger charge is -2.27. The average Bonchev–Trinajstić information content (AvgIpc) is 2.40. The maximum atomic E-state index is 5.70. The molecule has 1 aliphatic rings. The second-order valence-corrected chi connectivity index (χ2v) is 5.60. The first-order chi connectivity index (χ1) is 9.16. The summed E-state index contributed by atoms with van der Waals surface area (Å²) in [5, 5.41) is 0. The molecule has 0 radical (unpaired) electrons. The van der Waals surface area contributed by atoms with Crippen LogP contribution in [0.15, 0.2) is 18.3 Å². The van der Waals surface area contributed by atoms with Crippen molar-refractivity contribution in [3.05, 3.63) is 29.6 Å². The van der Waals surface area contributed by atoms with Crippen LogP contribution in [0.3, 0.4) is 0 Å². The van der Waals surface area contributed by atoms with Crippen LogP contribution in [0.4, 0.5) is 0 Å². The second-order valence-electron chi connectivity index (χ2n) is 5.16. The highest BCUT2D eigenvalue weighted by atomic mass is 32.1. The van der Waals surface area contributed by atoms with Gasteiger partial charge < -0.3 is 15.4 Å². The molecular formula is C14H21N3OS. The van der Waals surface area contributed by atoms with Crippen LogP contribution >= 0.6 is 12.2 Å². The van der Waals surface area contributed by atoms with Crippen molar-refractivity contribution >= 4 is 17.2 Å². The van der Waals surface area contributed by atoms with Crippen LogP contribution in [0, 0.1) is 5.92 Å². The number of thiocarbonyl (C=S) groups is 1. The molecule has 1 aromatic heterocycles. The predicted molar refractivity (Wildman–Crippen MR) is 80.0 cm³/mol. The standard InChI is InChI=1S/C14H21N3OS/c1-17(8-11-4-3-7-18-10-11)9-12-5-2-6-16-13(12)14(15)19/h2,5-6,11H,3-4,7-10H2,1H3,(H2,15,19). The fourth-order valence-electron chi connectivity index (χ4n) is 2.54. The Morgan fingerprint density at radius 1 is 1.63 bits per heavy atom. The molecule has 1 aromatic rings. The van der Waals surface area contributed by atoms with Crippen molar-refractivity contribution < 1.29 is 4.74 Å². The third-order valence-corrected chi connectivity index (χ3v) is 3.58. The zero-order valence-corrected chi connectivity index (χ0v) is 12.2. The number of aromatic nitrogens is 1.